The summed E-state index contributed by atoms with van der Waals surface area (Å²) in [6.07, 6.45) is 0.473. The van der Waals surface area contributed by atoms with Crippen LogP contribution < -0.4 is 21.5 Å². The first-order valence-corrected chi connectivity index (χ1v) is 8.24. The average Bonchev–Trinajstić information content (AvgIpc) is 2.54. The number of hydrogen-bond donors (Lipinski definition) is 3. The third-order valence-electron chi connectivity index (χ3n) is 4.01. The van der Waals surface area contributed by atoms with E-state index in [4.69, 9.17) is 0 Å². The molecule has 1 heterocycles. The van der Waals surface area contributed by atoms with E-state index in [1.165, 1.54) is 0 Å². The van der Waals surface area contributed by atoms with Gasteiger partial charge < -0.3 is 15.2 Å². The van der Waals surface area contributed by atoms with Crippen LogP contribution in [-0.4, -0.2) is 35.5 Å². The fraction of sp³-hybridized carbons (Fsp3) is 0.389. The van der Waals surface area contributed by atoms with Gasteiger partial charge in [0, 0.05) is 43.0 Å². The van der Waals surface area contributed by atoms with Crippen LogP contribution in [0.4, 0.5) is 5.69 Å². The smallest absolute Gasteiger partial charge is 0.325 e. The summed E-state index contributed by atoms with van der Waals surface area (Å²) >= 11 is 0. The van der Waals surface area contributed by atoms with E-state index in [1.54, 1.807) is 6.92 Å². The number of amides is 1. The Labute approximate surface area is 146 Å². The average molecular weight is 344 g/mol. The molecule has 0 aliphatic rings. The van der Waals surface area contributed by atoms with Gasteiger partial charge in [-0.15, -0.1) is 0 Å². The lowest BCUT2D eigenvalue weighted by Crippen LogP contribution is -2.41. The molecule has 2 aromatic rings. The van der Waals surface area contributed by atoms with Gasteiger partial charge in [-0.05, 0) is 32.4 Å². The third-order valence-corrected chi connectivity index (χ3v) is 4.01. The molecule has 2 rings (SSSR count). The molecule has 1 aromatic carbocycles. The number of anilines is 1. The number of benzene rings is 1. The minimum Gasteiger partial charge on any atom is -0.373 e. The lowest BCUT2D eigenvalue weighted by atomic mass is 10.1. The zero-order chi connectivity index (χ0) is 18.4. The molecule has 0 fully saturated rings. The van der Waals surface area contributed by atoms with Crippen molar-refractivity contribution in [2.24, 2.45) is 0 Å². The van der Waals surface area contributed by atoms with Gasteiger partial charge in [-0.1, -0.05) is 18.2 Å². The number of nitrogens with one attached hydrogen (secondary N) is 3. The second-order valence-corrected chi connectivity index (χ2v) is 6.20. The zero-order valence-corrected chi connectivity index (χ0v) is 14.8. The molecule has 1 amide bonds. The summed E-state index contributed by atoms with van der Waals surface area (Å²) < 4.78 is 0. The quantitative estimate of drug-likeness (QED) is 0.696. The number of likely N-dealkylation sites (N-methyl/N-ethyl adjacent to an activating group) is 1. The van der Waals surface area contributed by atoms with Crippen LogP contribution in [0, 0.1) is 6.92 Å². The Bertz CT molecular complexity index is 826. The largest absolute Gasteiger partial charge is 0.373 e. The maximum Gasteiger partial charge on any atom is 0.325 e. The van der Waals surface area contributed by atoms with Crippen molar-refractivity contribution in [2.45, 2.75) is 32.7 Å². The van der Waals surface area contributed by atoms with Crippen LogP contribution in [0.2, 0.25) is 0 Å². The van der Waals surface area contributed by atoms with Crippen molar-refractivity contribution in [1.82, 2.24) is 15.3 Å². The van der Waals surface area contributed by atoms with E-state index in [-0.39, 0.29) is 24.8 Å². The molecular formula is C18H24N4O3. The summed E-state index contributed by atoms with van der Waals surface area (Å²) in [4.78, 5) is 41.9. The van der Waals surface area contributed by atoms with E-state index in [9.17, 15) is 14.4 Å². The van der Waals surface area contributed by atoms with E-state index < -0.39 is 11.2 Å². The molecule has 7 nitrogen and oxygen atoms in total. The molecule has 25 heavy (non-hydrogen) atoms. The number of rotatable bonds is 7. The summed E-state index contributed by atoms with van der Waals surface area (Å²) in [7, 11) is 1.97. The number of hydrogen-bond acceptors (Lipinski definition) is 4. The summed E-state index contributed by atoms with van der Waals surface area (Å²) in [6, 6.07) is 9.90. The molecule has 0 spiro atoms. The molecule has 0 aliphatic carbocycles. The Balaban J connectivity index is 1.86. The highest BCUT2D eigenvalue weighted by atomic mass is 16.2. The van der Waals surface area contributed by atoms with Crippen molar-refractivity contribution in [3.63, 3.8) is 0 Å². The highest BCUT2D eigenvalue weighted by Gasteiger charge is 2.12. The van der Waals surface area contributed by atoms with Gasteiger partial charge in [0.25, 0.3) is 5.56 Å². The standard InChI is InChI=1S/C18H24N4O3/c1-12(11-22(3)14-7-5-4-6-8-14)19-16(23)10-9-15-13(2)20-18(25)21-17(15)24/h4-8,12H,9-11H2,1-3H3,(H,19,23)(H2,20,21,24,25)/t12-/m1/s1. The van der Waals surface area contributed by atoms with Crippen molar-refractivity contribution in [2.75, 3.05) is 18.5 Å². The Morgan fingerprint density at radius 1 is 1.20 bits per heavy atom. The molecule has 3 N–H and O–H groups in total. The second kappa shape index (κ2) is 8.32. The van der Waals surface area contributed by atoms with Gasteiger partial charge in [0.15, 0.2) is 0 Å². The van der Waals surface area contributed by atoms with E-state index in [0.717, 1.165) is 5.69 Å². The number of aryl methyl sites for hydroxylation is 1. The van der Waals surface area contributed by atoms with E-state index in [0.29, 0.717) is 17.8 Å². The highest BCUT2D eigenvalue weighted by Crippen LogP contribution is 2.11. The van der Waals surface area contributed by atoms with Crippen molar-refractivity contribution in [3.8, 4) is 0 Å². The zero-order valence-electron chi connectivity index (χ0n) is 14.8. The molecule has 0 saturated heterocycles. The number of nitrogens with zero attached hydrogens (tertiary/aromatic N) is 1. The number of para-hydroxylation sites is 1. The van der Waals surface area contributed by atoms with Crippen LogP contribution in [0.5, 0.6) is 0 Å². The predicted molar refractivity (Wildman–Crippen MR) is 98.1 cm³/mol. The Morgan fingerprint density at radius 3 is 2.52 bits per heavy atom. The fourth-order valence-electron chi connectivity index (χ4n) is 2.76. The lowest BCUT2D eigenvalue weighted by Gasteiger charge is -2.24. The second-order valence-electron chi connectivity index (χ2n) is 6.20. The molecule has 0 aliphatic heterocycles. The minimum absolute atomic E-state index is 0.0346. The lowest BCUT2D eigenvalue weighted by molar-refractivity contribution is -0.121. The summed E-state index contributed by atoms with van der Waals surface area (Å²) in [5.41, 5.74) is 1.04. The number of carbonyl (C=O) groups is 1. The van der Waals surface area contributed by atoms with Gasteiger partial charge in [0.2, 0.25) is 5.91 Å². The SMILES string of the molecule is Cc1[nH]c(=O)[nH]c(=O)c1CCC(=O)N[C@H](C)CN(C)c1ccccc1. The Morgan fingerprint density at radius 2 is 1.88 bits per heavy atom. The van der Waals surface area contributed by atoms with Crippen LogP contribution in [0.25, 0.3) is 0 Å². The van der Waals surface area contributed by atoms with Gasteiger partial charge in [0.05, 0.1) is 0 Å². The molecule has 0 saturated carbocycles. The van der Waals surface area contributed by atoms with E-state index in [2.05, 4.69) is 20.2 Å². The molecule has 1 atom stereocenters. The van der Waals surface area contributed by atoms with Crippen LogP contribution >= 0.6 is 0 Å². The van der Waals surface area contributed by atoms with Crippen molar-refractivity contribution in [1.29, 1.82) is 0 Å². The molecule has 0 bridgehead atoms. The first-order chi connectivity index (χ1) is 11.9. The van der Waals surface area contributed by atoms with Crippen molar-refractivity contribution < 1.29 is 4.79 Å². The van der Waals surface area contributed by atoms with Gasteiger partial charge >= 0.3 is 5.69 Å². The maximum atomic E-state index is 12.1. The van der Waals surface area contributed by atoms with Crippen LogP contribution in [0.1, 0.15) is 24.6 Å². The predicted octanol–water partition coefficient (Wildman–Crippen LogP) is 0.945. The number of H-pyrrole nitrogens is 2. The molecule has 1 aromatic heterocycles. The molecule has 7 heteroatoms. The Hall–Kier alpha value is -2.83. The highest BCUT2D eigenvalue weighted by molar-refractivity contribution is 5.76. The van der Waals surface area contributed by atoms with Gasteiger partial charge in [-0.3, -0.25) is 14.6 Å². The fourth-order valence-corrected chi connectivity index (χ4v) is 2.76. The molecular weight excluding hydrogens is 320 g/mol. The minimum atomic E-state index is -0.534. The number of aromatic nitrogens is 2. The Kier molecular flexibility index (Phi) is 6.16. The summed E-state index contributed by atoms with van der Waals surface area (Å²) in [5, 5.41) is 2.94. The van der Waals surface area contributed by atoms with Gasteiger partial charge in [-0.25, -0.2) is 4.79 Å². The van der Waals surface area contributed by atoms with E-state index >= 15 is 0 Å². The van der Waals surface area contributed by atoms with Crippen LogP contribution in [0.15, 0.2) is 39.9 Å². The number of aromatic amines is 2. The summed E-state index contributed by atoms with van der Waals surface area (Å²) in [6.45, 7) is 4.27. The first-order valence-electron chi connectivity index (χ1n) is 8.24. The molecule has 0 unspecified atom stereocenters. The normalized spacial score (nSPS) is 11.8. The van der Waals surface area contributed by atoms with E-state index in [1.807, 2.05) is 44.3 Å². The van der Waals surface area contributed by atoms with Crippen molar-refractivity contribution >= 4 is 11.6 Å². The van der Waals surface area contributed by atoms with Crippen LogP contribution in [-0.2, 0) is 11.2 Å². The topological polar surface area (TPSA) is 98.1 Å². The first kappa shape index (κ1) is 18.5. The molecule has 0 radical (unpaired) electrons. The maximum absolute atomic E-state index is 12.1. The van der Waals surface area contributed by atoms with Gasteiger partial charge in [-0.2, -0.15) is 0 Å². The number of carbonyl (C=O) groups excluding carboxylic acids is 1. The third kappa shape index (κ3) is 5.34. The molecule has 134 valence electrons. The summed E-state index contributed by atoms with van der Waals surface area (Å²) in [5.74, 6) is -0.126. The van der Waals surface area contributed by atoms with Crippen molar-refractivity contribution in [3.05, 3.63) is 62.4 Å². The monoisotopic (exact) mass is 344 g/mol. The van der Waals surface area contributed by atoms with Gasteiger partial charge in [0.1, 0.15) is 0 Å². The van der Waals surface area contributed by atoms with Crippen LogP contribution in [0.3, 0.4) is 0 Å².